The Kier molecular flexibility index (Phi) is 4.65. The van der Waals surface area contributed by atoms with Crippen LogP contribution in [-0.2, 0) is 19.1 Å². The van der Waals surface area contributed by atoms with E-state index < -0.39 is 17.9 Å². The molecule has 5 nitrogen and oxygen atoms in total. The van der Waals surface area contributed by atoms with Crippen molar-refractivity contribution in [1.82, 2.24) is 5.32 Å². The zero-order chi connectivity index (χ0) is 15.4. The van der Waals surface area contributed by atoms with Crippen LogP contribution in [-0.4, -0.2) is 26.2 Å². The highest BCUT2D eigenvalue weighted by molar-refractivity contribution is 6.30. The Balaban J connectivity index is 2.52. The molecule has 1 heterocycles. The number of rotatable bonds is 3. The molecule has 0 amide bonds. The molecule has 1 aromatic rings. The Hall–Kier alpha value is -2.27. The number of ether oxygens (including phenoxy) is 2. The fourth-order valence-electron chi connectivity index (χ4n) is 2.19. The van der Waals surface area contributed by atoms with Crippen molar-refractivity contribution < 1.29 is 19.1 Å². The van der Waals surface area contributed by atoms with E-state index in [0.717, 1.165) is 0 Å². The fourth-order valence-corrected chi connectivity index (χ4v) is 2.39. The van der Waals surface area contributed by atoms with Crippen molar-refractivity contribution in [2.75, 3.05) is 14.2 Å². The zero-order valence-corrected chi connectivity index (χ0v) is 12.3. The molecule has 0 bridgehead atoms. The summed E-state index contributed by atoms with van der Waals surface area (Å²) < 4.78 is 9.55. The summed E-state index contributed by atoms with van der Waals surface area (Å²) in [4.78, 5) is 23.9. The summed E-state index contributed by atoms with van der Waals surface area (Å²) >= 11 is 6.00. The lowest BCUT2D eigenvalue weighted by molar-refractivity contribution is -0.137. The first-order chi connectivity index (χ1) is 10.1. The normalized spacial score (nSPS) is 14.6. The minimum atomic E-state index is -0.593. The maximum absolute atomic E-state index is 11.9. The molecule has 0 saturated heterocycles. The summed E-state index contributed by atoms with van der Waals surface area (Å²) in [5, 5.41) is 3.28. The molecular formula is C15H14ClNO4. The van der Waals surface area contributed by atoms with Crippen molar-refractivity contribution in [3.05, 3.63) is 58.4 Å². The molecule has 6 heteroatoms. The summed E-state index contributed by atoms with van der Waals surface area (Å²) in [7, 11) is 2.57. The number of carbonyl (C=O) groups excluding carboxylic acids is 2. The Morgan fingerprint density at radius 1 is 1.10 bits per heavy atom. The predicted molar refractivity (Wildman–Crippen MR) is 77.5 cm³/mol. The van der Waals surface area contributed by atoms with Gasteiger partial charge in [-0.1, -0.05) is 23.7 Å². The number of nitrogens with one attached hydrogen (secondary N) is 1. The molecule has 0 atom stereocenters. The summed E-state index contributed by atoms with van der Waals surface area (Å²) in [6.45, 7) is 0. The number of benzene rings is 1. The lowest BCUT2D eigenvalue weighted by Crippen LogP contribution is -2.26. The van der Waals surface area contributed by atoms with Crippen LogP contribution in [0.25, 0.3) is 0 Å². The van der Waals surface area contributed by atoms with Crippen LogP contribution in [0.1, 0.15) is 11.5 Å². The largest absolute Gasteiger partial charge is 0.466 e. The highest BCUT2D eigenvalue weighted by Gasteiger charge is 2.33. The summed E-state index contributed by atoms with van der Waals surface area (Å²) in [6, 6.07) is 6.96. The second-order valence-electron chi connectivity index (χ2n) is 4.34. The van der Waals surface area contributed by atoms with Gasteiger partial charge in [0.05, 0.1) is 31.3 Å². The van der Waals surface area contributed by atoms with Crippen molar-refractivity contribution >= 4 is 23.5 Å². The molecule has 1 aliphatic heterocycles. The minimum absolute atomic E-state index is 0.308. The third-order valence-corrected chi connectivity index (χ3v) is 3.36. The molecule has 0 unspecified atom stereocenters. The second kappa shape index (κ2) is 6.45. The number of halogens is 1. The molecule has 0 saturated carbocycles. The van der Waals surface area contributed by atoms with E-state index in [4.69, 9.17) is 21.1 Å². The van der Waals surface area contributed by atoms with Gasteiger partial charge < -0.3 is 14.8 Å². The molecule has 1 aromatic carbocycles. The van der Waals surface area contributed by atoms with Crippen LogP contribution < -0.4 is 5.32 Å². The van der Waals surface area contributed by atoms with E-state index in [2.05, 4.69) is 5.32 Å². The molecule has 1 aliphatic rings. The molecular weight excluding hydrogens is 294 g/mol. The molecule has 2 rings (SSSR count). The number of hydrogen-bond acceptors (Lipinski definition) is 5. The highest BCUT2D eigenvalue weighted by atomic mass is 35.5. The van der Waals surface area contributed by atoms with Crippen LogP contribution in [0, 0.1) is 0 Å². The summed E-state index contributed by atoms with van der Waals surface area (Å²) in [5.41, 5.74) is 1.32. The van der Waals surface area contributed by atoms with E-state index in [9.17, 15) is 9.59 Å². The maximum atomic E-state index is 11.9. The van der Waals surface area contributed by atoms with Gasteiger partial charge in [0.2, 0.25) is 0 Å². The van der Waals surface area contributed by atoms with Gasteiger partial charge in [-0.05, 0) is 17.7 Å². The van der Waals surface area contributed by atoms with E-state index in [-0.39, 0.29) is 0 Å². The van der Waals surface area contributed by atoms with Gasteiger partial charge in [-0.2, -0.15) is 0 Å². The molecule has 0 aliphatic carbocycles. The van der Waals surface area contributed by atoms with Crippen molar-refractivity contribution in [3.8, 4) is 0 Å². The molecule has 0 radical (unpaired) electrons. The molecule has 21 heavy (non-hydrogen) atoms. The van der Waals surface area contributed by atoms with E-state index >= 15 is 0 Å². The second-order valence-corrected chi connectivity index (χ2v) is 4.77. The van der Waals surface area contributed by atoms with Crippen LogP contribution in [0.3, 0.4) is 0 Å². The third-order valence-electron chi connectivity index (χ3n) is 3.12. The number of carbonyl (C=O) groups is 2. The Bertz CT molecular complexity index is 604. The standard InChI is InChI=1S/C15H14ClNO4/c1-20-14(18)11-7-17-8-12(15(19)21-2)13(11)9-4-3-5-10(16)6-9/h3-8,13,17H,1-2H3. The molecule has 0 spiro atoms. The zero-order valence-electron chi connectivity index (χ0n) is 11.6. The van der Waals surface area contributed by atoms with Crippen molar-refractivity contribution in [3.63, 3.8) is 0 Å². The maximum Gasteiger partial charge on any atom is 0.336 e. The van der Waals surface area contributed by atoms with Crippen molar-refractivity contribution in [1.29, 1.82) is 0 Å². The van der Waals surface area contributed by atoms with Crippen LogP contribution in [0.2, 0.25) is 5.02 Å². The Morgan fingerprint density at radius 2 is 1.67 bits per heavy atom. The van der Waals surface area contributed by atoms with Crippen LogP contribution in [0.4, 0.5) is 0 Å². The Morgan fingerprint density at radius 3 is 2.14 bits per heavy atom. The lowest BCUT2D eigenvalue weighted by Gasteiger charge is -2.24. The molecule has 110 valence electrons. The van der Waals surface area contributed by atoms with Gasteiger partial charge in [-0.3, -0.25) is 0 Å². The summed E-state index contributed by atoms with van der Waals surface area (Å²) in [6.07, 6.45) is 3.01. The smallest absolute Gasteiger partial charge is 0.336 e. The fraction of sp³-hybridized carbons (Fsp3) is 0.200. The van der Waals surface area contributed by atoms with E-state index in [1.54, 1.807) is 24.3 Å². The van der Waals surface area contributed by atoms with Gasteiger partial charge in [0.25, 0.3) is 0 Å². The first-order valence-electron chi connectivity index (χ1n) is 6.16. The van der Waals surface area contributed by atoms with Gasteiger partial charge in [0.1, 0.15) is 0 Å². The number of dihydropyridines is 1. The van der Waals surface area contributed by atoms with Crippen LogP contribution in [0.5, 0.6) is 0 Å². The number of hydrogen-bond donors (Lipinski definition) is 1. The average Bonchev–Trinajstić information content (AvgIpc) is 2.52. The molecule has 1 N–H and O–H groups in total. The Labute approximate surface area is 127 Å². The SMILES string of the molecule is COC(=O)C1=CNC=C(C(=O)OC)C1c1cccc(Cl)c1. The van der Waals surface area contributed by atoms with E-state index in [0.29, 0.717) is 21.7 Å². The van der Waals surface area contributed by atoms with Gasteiger partial charge in [-0.25, -0.2) is 9.59 Å². The quantitative estimate of drug-likeness (QED) is 0.867. The van der Waals surface area contributed by atoms with E-state index in [1.165, 1.54) is 26.6 Å². The van der Waals surface area contributed by atoms with Crippen molar-refractivity contribution in [2.24, 2.45) is 0 Å². The first kappa shape index (κ1) is 15.1. The number of methoxy groups -OCH3 is 2. The first-order valence-corrected chi connectivity index (χ1v) is 6.54. The minimum Gasteiger partial charge on any atom is -0.466 e. The topological polar surface area (TPSA) is 64.6 Å². The highest BCUT2D eigenvalue weighted by Crippen LogP contribution is 2.35. The predicted octanol–water partition coefficient (Wildman–Crippen LogP) is 2.14. The molecule has 0 aromatic heterocycles. The van der Waals surface area contributed by atoms with E-state index in [1.807, 2.05) is 0 Å². The average molecular weight is 308 g/mol. The van der Waals surface area contributed by atoms with Gasteiger partial charge in [0.15, 0.2) is 0 Å². The van der Waals surface area contributed by atoms with Crippen LogP contribution in [0.15, 0.2) is 47.8 Å². The lowest BCUT2D eigenvalue weighted by atomic mass is 9.84. The molecule has 0 fully saturated rings. The van der Waals surface area contributed by atoms with Gasteiger partial charge in [0, 0.05) is 17.4 Å². The monoisotopic (exact) mass is 307 g/mol. The van der Waals surface area contributed by atoms with Crippen LogP contribution >= 0.6 is 11.6 Å². The number of esters is 2. The van der Waals surface area contributed by atoms with Gasteiger partial charge >= 0.3 is 11.9 Å². The van der Waals surface area contributed by atoms with Gasteiger partial charge in [-0.15, -0.1) is 0 Å². The van der Waals surface area contributed by atoms with Crippen molar-refractivity contribution in [2.45, 2.75) is 5.92 Å². The third kappa shape index (κ3) is 3.08. The summed E-state index contributed by atoms with van der Waals surface area (Å²) in [5.74, 6) is -1.64.